The van der Waals surface area contributed by atoms with Crippen molar-refractivity contribution in [1.29, 1.82) is 0 Å². The van der Waals surface area contributed by atoms with E-state index in [2.05, 4.69) is 10.0 Å². The van der Waals surface area contributed by atoms with Gasteiger partial charge in [0, 0.05) is 10.6 Å². The van der Waals surface area contributed by atoms with Crippen LogP contribution < -0.4 is 9.64 Å². The minimum Gasteiger partial charge on any atom is -0.495 e. The summed E-state index contributed by atoms with van der Waals surface area (Å²) < 4.78 is 5.21. The highest BCUT2D eigenvalue weighted by molar-refractivity contribution is 6.34. The van der Waals surface area contributed by atoms with Crippen LogP contribution in [0.4, 0.5) is 11.4 Å². The Labute approximate surface area is 125 Å². The number of hydrogen-bond acceptors (Lipinski definition) is 4. The molecule has 3 rings (SSSR count). The lowest BCUT2D eigenvalue weighted by Crippen LogP contribution is -2.29. The number of anilines is 1. The summed E-state index contributed by atoms with van der Waals surface area (Å²) in [5.74, 6) is -0.527. The monoisotopic (exact) mass is 294 g/mol. The molecule has 1 aliphatic rings. The van der Waals surface area contributed by atoms with Crippen LogP contribution >= 0.6 is 0 Å². The Kier molecular flexibility index (Phi) is 3.25. The van der Waals surface area contributed by atoms with Crippen molar-refractivity contribution in [3.8, 4) is 5.75 Å². The Hall–Kier alpha value is -3.31. The third-order valence-corrected chi connectivity index (χ3v) is 3.36. The summed E-state index contributed by atoms with van der Waals surface area (Å²) >= 11 is 0. The predicted octanol–water partition coefficient (Wildman–Crippen LogP) is 3.44. The summed E-state index contributed by atoms with van der Waals surface area (Å²) in [4.78, 5) is 28.7. The number of amides is 2. The fourth-order valence-corrected chi connectivity index (χ4v) is 2.37. The predicted molar refractivity (Wildman–Crippen MR) is 79.4 cm³/mol. The van der Waals surface area contributed by atoms with E-state index in [-0.39, 0.29) is 11.4 Å². The zero-order valence-corrected chi connectivity index (χ0v) is 11.6. The topological polar surface area (TPSA) is 95.4 Å². The Bertz CT molecular complexity index is 805. The van der Waals surface area contributed by atoms with E-state index in [4.69, 9.17) is 10.3 Å². The molecule has 108 valence electrons. The molecule has 0 N–H and O–H groups in total. The average Bonchev–Trinajstić information content (AvgIpc) is 2.79. The summed E-state index contributed by atoms with van der Waals surface area (Å²) in [7, 11) is 1.43. The molecule has 0 saturated carbocycles. The summed E-state index contributed by atoms with van der Waals surface area (Å²) in [6.07, 6.45) is 0. The molecule has 0 radical (unpaired) electrons. The van der Waals surface area contributed by atoms with Crippen molar-refractivity contribution >= 4 is 23.2 Å². The van der Waals surface area contributed by atoms with Crippen molar-refractivity contribution in [3.05, 3.63) is 64.0 Å². The van der Waals surface area contributed by atoms with Crippen LogP contribution in [0, 0.1) is 0 Å². The summed E-state index contributed by atoms with van der Waals surface area (Å²) in [5, 5.41) is 3.49. The molecule has 0 bridgehead atoms. The minimum absolute atomic E-state index is 0.249. The number of benzene rings is 2. The van der Waals surface area contributed by atoms with Crippen molar-refractivity contribution in [3.63, 3.8) is 0 Å². The van der Waals surface area contributed by atoms with Gasteiger partial charge in [0.1, 0.15) is 5.75 Å². The van der Waals surface area contributed by atoms with Crippen molar-refractivity contribution < 1.29 is 14.3 Å². The van der Waals surface area contributed by atoms with E-state index in [0.717, 1.165) is 4.90 Å². The van der Waals surface area contributed by atoms with E-state index in [1.165, 1.54) is 13.2 Å². The van der Waals surface area contributed by atoms with Crippen LogP contribution in [0.2, 0.25) is 0 Å². The minimum atomic E-state index is -0.433. The van der Waals surface area contributed by atoms with Crippen LogP contribution in [0.3, 0.4) is 0 Å². The Morgan fingerprint density at radius 1 is 1.09 bits per heavy atom. The van der Waals surface area contributed by atoms with Crippen LogP contribution in [-0.2, 0) is 0 Å². The summed E-state index contributed by atoms with van der Waals surface area (Å²) in [5.41, 5.74) is 9.74. The fraction of sp³-hybridized carbons (Fsp3) is 0.0667. The maximum absolute atomic E-state index is 12.5. The van der Waals surface area contributed by atoms with Crippen LogP contribution in [-0.4, -0.2) is 18.9 Å². The van der Waals surface area contributed by atoms with Gasteiger partial charge in [-0.3, -0.25) is 9.59 Å². The second kappa shape index (κ2) is 5.23. The van der Waals surface area contributed by atoms with Gasteiger partial charge in [0.25, 0.3) is 11.8 Å². The van der Waals surface area contributed by atoms with Gasteiger partial charge in [-0.25, -0.2) is 4.90 Å². The first-order valence-electron chi connectivity index (χ1n) is 6.38. The van der Waals surface area contributed by atoms with Crippen LogP contribution in [0.15, 0.2) is 47.6 Å². The van der Waals surface area contributed by atoms with E-state index in [1.54, 1.807) is 36.4 Å². The first-order chi connectivity index (χ1) is 10.7. The molecule has 0 aromatic heterocycles. The average molecular weight is 294 g/mol. The highest BCUT2D eigenvalue weighted by Gasteiger charge is 2.37. The highest BCUT2D eigenvalue weighted by Crippen LogP contribution is 2.37. The number of nitrogens with zero attached hydrogens (tertiary/aromatic N) is 4. The molecular formula is C15H10N4O3. The Morgan fingerprint density at radius 2 is 1.73 bits per heavy atom. The summed E-state index contributed by atoms with van der Waals surface area (Å²) in [6.45, 7) is 0. The lowest BCUT2D eigenvalue weighted by atomic mass is 10.1. The molecule has 0 unspecified atom stereocenters. The molecule has 1 heterocycles. The van der Waals surface area contributed by atoms with Crippen molar-refractivity contribution in [2.75, 3.05) is 12.0 Å². The number of azide groups is 1. The van der Waals surface area contributed by atoms with Gasteiger partial charge in [0.15, 0.2) is 0 Å². The highest BCUT2D eigenvalue weighted by atomic mass is 16.5. The molecule has 0 saturated heterocycles. The molecule has 0 spiro atoms. The number of methoxy groups -OCH3 is 1. The van der Waals surface area contributed by atoms with E-state index in [9.17, 15) is 9.59 Å². The van der Waals surface area contributed by atoms with Gasteiger partial charge in [0.05, 0.1) is 23.9 Å². The molecule has 1 aliphatic heterocycles. The number of imide groups is 1. The van der Waals surface area contributed by atoms with Crippen molar-refractivity contribution in [2.45, 2.75) is 0 Å². The van der Waals surface area contributed by atoms with Crippen LogP contribution in [0.25, 0.3) is 10.4 Å². The second-order valence-corrected chi connectivity index (χ2v) is 4.54. The first-order valence-corrected chi connectivity index (χ1v) is 6.38. The number of carbonyl (C=O) groups is 2. The third-order valence-electron chi connectivity index (χ3n) is 3.36. The molecule has 0 atom stereocenters. The zero-order chi connectivity index (χ0) is 15.7. The number of hydrogen-bond donors (Lipinski definition) is 0. The molecule has 2 aromatic rings. The number of carbonyl (C=O) groups excluding carboxylic acids is 2. The molecule has 22 heavy (non-hydrogen) atoms. The Balaban J connectivity index is 2.16. The molecule has 7 nitrogen and oxygen atoms in total. The molecule has 7 heteroatoms. The van der Waals surface area contributed by atoms with Gasteiger partial charge >= 0.3 is 0 Å². The maximum Gasteiger partial charge on any atom is 0.266 e. The normalized spacial score (nSPS) is 12.9. The third kappa shape index (κ3) is 1.97. The second-order valence-electron chi connectivity index (χ2n) is 4.54. The summed E-state index contributed by atoms with van der Waals surface area (Å²) in [6, 6.07) is 11.1. The van der Waals surface area contributed by atoms with Gasteiger partial charge in [0.2, 0.25) is 0 Å². The van der Waals surface area contributed by atoms with Gasteiger partial charge in [-0.1, -0.05) is 17.2 Å². The van der Waals surface area contributed by atoms with Crippen molar-refractivity contribution in [2.24, 2.45) is 5.11 Å². The SMILES string of the molecule is COc1ccc(N=[N+]=[N-])cc1N1C(=O)c2ccccc2C1=O. The van der Waals surface area contributed by atoms with E-state index in [1.807, 2.05) is 0 Å². The molecule has 0 aliphatic carbocycles. The van der Waals surface area contributed by atoms with E-state index >= 15 is 0 Å². The van der Waals surface area contributed by atoms with Gasteiger partial charge in [-0.15, -0.1) is 0 Å². The molecule has 0 fully saturated rings. The Morgan fingerprint density at radius 3 is 2.27 bits per heavy atom. The van der Waals surface area contributed by atoms with Crippen LogP contribution in [0.1, 0.15) is 20.7 Å². The number of rotatable bonds is 3. The van der Waals surface area contributed by atoms with Gasteiger partial charge in [-0.2, -0.15) is 0 Å². The zero-order valence-electron chi connectivity index (χ0n) is 11.6. The van der Waals surface area contributed by atoms with Gasteiger partial charge < -0.3 is 4.74 Å². The lowest BCUT2D eigenvalue weighted by Gasteiger charge is -2.17. The molecular weight excluding hydrogens is 284 g/mol. The van der Waals surface area contributed by atoms with Crippen LogP contribution in [0.5, 0.6) is 5.75 Å². The van der Waals surface area contributed by atoms with Gasteiger partial charge in [-0.05, 0) is 35.9 Å². The van der Waals surface area contributed by atoms with E-state index < -0.39 is 11.8 Å². The quantitative estimate of drug-likeness (QED) is 0.375. The first kappa shape index (κ1) is 13.7. The molecule has 2 amide bonds. The standard InChI is InChI=1S/C15H10N4O3/c1-22-13-7-6-9(17-18-16)8-12(13)19-14(20)10-4-2-3-5-11(10)15(19)21/h2-8H,1H3. The van der Waals surface area contributed by atoms with E-state index in [0.29, 0.717) is 16.9 Å². The maximum atomic E-state index is 12.5. The number of ether oxygens (including phenoxy) is 1. The number of fused-ring (bicyclic) bond motifs is 1. The largest absolute Gasteiger partial charge is 0.495 e. The fourth-order valence-electron chi connectivity index (χ4n) is 2.37. The smallest absolute Gasteiger partial charge is 0.266 e. The molecule has 2 aromatic carbocycles. The lowest BCUT2D eigenvalue weighted by molar-refractivity contribution is 0.0925. The van der Waals surface area contributed by atoms with Crippen molar-refractivity contribution in [1.82, 2.24) is 0 Å².